The summed E-state index contributed by atoms with van der Waals surface area (Å²) >= 11 is 7.48. The Balaban J connectivity index is 2.22. The van der Waals surface area contributed by atoms with E-state index in [2.05, 4.69) is 35.8 Å². The van der Waals surface area contributed by atoms with Crippen LogP contribution in [0.1, 0.15) is 27.2 Å². The molecule has 1 heterocycles. The molecule has 0 unspecified atom stereocenters. The molecule has 1 aromatic rings. The zero-order chi connectivity index (χ0) is 12.5. The van der Waals surface area contributed by atoms with Gasteiger partial charge in [-0.2, -0.15) is 0 Å². The zero-order valence-electron chi connectivity index (χ0n) is 10.2. The number of nitrogens with one attached hydrogen (secondary N) is 2. The number of halogens is 1. The van der Waals surface area contributed by atoms with Crippen LogP contribution in [0.15, 0.2) is 28.1 Å². The van der Waals surface area contributed by atoms with Crippen molar-refractivity contribution in [3.63, 3.8) is 0 Å². The van der Waals surface area contributed by atoms with Gasteiger partial charge in [-0.1, -0.05) is 18.5 Å². The van der Waals surface area contributed by atoms with Crippen LogP contribution in [0, 0.1) is 0 Å². The van der Waals surface area contributed by atoms with Crippen LogP contribution >= 0.6 is 23.5 Å². The Kier molecular flexibility index (Phi) is 3.54. The van der Waals surface area contributed by atoms with Crippen molar-refractivity contribution in [3.8, 4) is 0 Å². The van der Waals surface area contributed by atoms with Gasteiger partial charge in [-0.05, 0) is 50.4 Å². The Bertz CT molecular complexity index is 457. The summed E-state index contributed by atoms with van der Waals surface area (Å²) in [6.45, 7) is 6.37. The van der Waals surface area contributed by atoms with Crippen molar-refractivity contribution in [3.05, 3.63) is 23.2 Å². The van der Waals surface area contributed by atoms with Crippen molar-refractivity contribution in [2.75, 3.05) is 5.32 Å². The zero-order valence-corrected chi connectivity index (χ0v) is 11.7. The summed E-state index contributed by atoms with van der Waals surface area (Å²) in [6, 6.07) is 5.78. The molecule has 92 valence electrons. The second kappa shape index (κ2) is 4.78. The smallest absolute Gasteiger partial charge is 0.206 e. The van der Waals surface area contributed by atoms with Gasteiger partial charge < -0.3 is 5.32 Å². The van der Waals surface area contributed by atoms with Crippen LogP contribution in [0.4, 0.5) is 5.69 Å². The molecule has 0 aromatic heterocycles. The van der Waals surface area contributed by atoms with E-state index < -0.39 is 0 Å². The average Bonchev–Trinajstić information content (AvgIpc) is 2.29. The lowest BCUT2D eigenvalue weighted by molar-refractivity contribution is 0.504. The average molecular weight is 270 g/mol. The van der Waals surface area contributed by atoms with Crippen LogP contribution in [0.5, 0.6) is 0 Å². The molecule has 0 amide bonds. The molecule has 0 aliphatic carbocycles. The van der Waals surface area contributed by atoms with Gasteiger partial charge in [-0.15, -0.1) is 0 Å². The molecule has 5 heteroatoms. The van der Waals surface area contributed by atoms with Gasteiger partial charge >= 0.3 is 0 Å². The van der Waals surface area contributed by atoms with Crippen molar-refractivity contribution in [1.29, 1.82) is 0 Å². The molecule has 2 rings (SSSR count). The normalized spacial score (nSPS) is 17.3. The fraction of sp³-hybridized carbons (Fsp3) is 0.417. The lowest BCUT2D eigenvalue weighted by Crippen LogP contribution is -2.33. The number of fused-ring (bicyclic) bond motifs is 1. The highest BCUT2D eigenvalue weighted by Gasteiger charge is 2.18. The van der Waals surface area contributed by atoms with Crippen LogP contribution < -0.4 is 10.0 Å². The topological polar surface area (TPSA) is 36.4 Å². The van der Waals surface area contributed by atoms with E-state index in [1.54, 1.807) is 0 Å². The maximum atomic E-state index is 5.94. The molecule has 1 aromatic carbocycles. The number of guanidine groups is 1. The monoisotopic (exact) mass is 269 g/mol. The van der Waals surface area contributed by atoms with Crippen molar-refractivity contribution in [1.82, 2.24) is 4.72 Å². The van der Waals surface area contributed by atoms with Crippen molar-refractivity contribution >= 4 is 35.2 Å². The van der Waals surface area contributed by atoms with E-state index in [1.807, 2.05) is 18.2 Å². The quantitative estimate of drug-likeness (QED) is 0.800. The predicted molar refractivity (Wildman–Crippen MR) is 75.9 cm³/mol. The van der Waals surface area contributed by atoms with E-state index in [0.29, 0.717) is 0 Å². The van der Waals surface area contributed by atoms with E-state index in [0.717, 1.165) is 28.0 Å². The molecule has 1 aliphatic rings. The first-order valence-corrected chi connectivity index (χ1v) is 6.79. The first-order valence-electron chi connectivity index (χ1n) is 5.59. The second-order valence-electron chi connectivity index (χ2n) is 4.60. The molecule has 0 radical (unpaired) electrons. The molecule has 0 saturated heterocycles. The predicted octanol–water partition coefficient (Wildman–Crippen LogP) is 3.91. The summed E-state index contributed by atoms with van der Waals surface area (Å²) in [6.07, 6.45) is 0.998. The number of hydrogen-bond acceptors (Lipinski definition) is 2. The largest absolute Gasteiger partial charge is 0.325 e. The van der Waals surface area contributed by atoms with E-state index in [9.17, 15) is 0 Å². The minimum absolute atomic E-state index is 0.0557. The third-order valence-corrected chi connectivity index (χ3v) is 3.82. The SMILES string of the molecule is CCC(C)(C)N=C1NSc2cc(Cl)ccc2N1. The molecule has 0 atom stereocenters. The second-order valence-corrected chi connectivity index (χ2v) is 5.88. The summed E-state index contributed by atoms with van der Waals surface area (Å²) in [5.41, 5.74) is 0.989. The molecule has 1 aliphatic heterocycles. The van der Waals surface area contributed by atoms with Gasteiger partial charge in [0.1, 0.15) is 0 Å². The number of anilines is 1. The third-order valence-electron chi connectivity index (χ3n) is 2.73. The van der Waals surface area contributed by atoms with E-state index in [1.165, 1.54) is 11.9 Å². The fourth-order valence-electron chi connectivity index (χ4n) is 1.37. The molecular weight excluding hydrogens is 254 g/mol. The van der Waals surface area contributed by atoms with Crippen LogP contribution in [-0.4, -0.2) is 11.5 Å². The number of rotatable bonds is 2. The Morgan fingerprint density at radius 1 is 1.41 bits per heavy atom. The van der Waals surface area contributed by atoms with Gasteiger partial charge in [-0.3, -0.25) is 4.72 Å². The number of benzene rings is 1. The highest BCUT2D eigenvalue weighted by Crippen LogP contribution is 2.31. The Morgan fingerprint density at radius 2 is 2.18 bits per heavy atom. The van der Waals surface area contributed by atoms with Gasteiger partial charge in [0.15, 0.2) is 0 Å². The molecule has 17 heavy (non-hydrogen) atoms. The molecule has 0 bridgehead atoms. The lowest BCUT2D eigenvalue weighted by Gasteiger charge is -2.24. The Labute approximate surface area is 111 Å². The third kappa shape index (κ3) is 3.07. The summed E-state index contributed by atoms with van der Waals surface area (Å²) < 4.78 is 3.19. The number of aliphatic imine (C=N–C) groups is 1. The number of hydrogen-bond donors (Lipinski definition) is 2. The van der Waals surface area contributed by atoms with Crippen LogP contribution in [0.2, 0.25) is 5.02 Å². The maximum Gasteiger partial charge on any atom is 0.206 e. The Morgan fingerprint density at radius 3 is 2.88 bits per heavy atom. The van der Waals surface area contributed by atoms with E-state index in [-0.39, 0.29) is 5.54 Å². The molecular formula is C12H16ClN3S. The molecule has 0 saturated carbocycles. The highest BCUT2D eigenvalue weighted by molar-refractivity contribution is 7.98. The molecule has 3 nitrogen and oxygen atoms in total. The molecule has 0 spiro atoms. The van der Waals surface area contributed by atoms with Crippen molar-refractivity contribution in [2.45, 2.75) is 37.6 Å². The van der Waals surface area contributed by atoms with Crippen LogP contribution in [0.3, 0.4) is 0 Å². The first-order chi connectivity index (χ1) is 8.00. The van der Waals surface area contributed by atoms with Gasteiger partial charge in [0.2, 0.25) is 5.96 Å². The first kappa shape index (κ1) is 12.6. The van der Waals surface area contributed by atoms with Crippen molar-refractivity contribution < 1.29 is 0 Å². The summed E-state index contributed by atoms with van der Waals surface area (Å²) in [4.78, 5) is 5.74. The van der Waals surface area contributed by atoms with E-state index >= 15 is 0 Å². The minimum atomic E-state index is -0.0557. The van der Waals surface area contributed by atoms with Gasteiger partial charge in [0.05, 0.1) is 16.1 Å². The summed E-state index contributed by atoms with van der Waals surface area (Å²) in [5.74, 6) is 0.802. The van der Waals surface area contributed by atoms with Crippen molar-refractivity contribution in [2.24, 2.45) is 4.99 Å². The van der Waals surface area contributed by atoms with Crippen LogP contribution in [-0.2, 0) is 0 Å². The minimum Gasteiger partial charge on any atom is -0.325 e. The van der Waals surface area contributed by atoms with Crippen LogP contribution in [0.25, 0.3) is 0 Å². The molecule has 0 fully saturated rings. The van der Waals surface area contributed by atoms with Gasteiger partial charge in [-0.25, -0.2) is 4.99 Å². The highest BCUT2D eigenvalue weighted by atomic mass is 35.5. The van der Waals surface area contributed by atoms with E-state index in [4.69, 9.17) is 11.6 Å². The molecule has 2 N–H and O–H groups in total. The maximum absolute atomic E-state index is 5.94. The Hall–Kier alpha value is -0.870. The van der Waals surface area contributed by atoms with Gasteiger partial charge in [0.25, 0.3) is 0 Å². The lowest BCUT2D eigenvalue weighted by atomic mass is 10.0. The summed E-state index contributed by atoms with van der Waals surface area (Å²) in [5, 5.41) is 4.02. The standard InChI is InChI=1S/C12H16ClN3S/c1-4-12(2,3)15-11-14-9-6-5-8(13)7-10(9)17-16-11/h5-7H,4H2,1-3H3,(H2,14,15,16). The summed E-state index contributed by atoms with van der Waals surface area (Å²) in [7, 11) is 0. The van der Waals surface area contributed by atoms with Gasteiger partial charge in [0, 0.05) is 5.02 Å². The fourth-order valence-corrected chi connectivity index (χ4v) is 2.33. The number of nitrogens with zero attached hydrogens (tertiary/aromatic N) is 1.